The number of rotatable bonds is 6. The standard InChI is InChI=1S/C12H20N2O3/c1-4-7-8-9-13-11(17)14-12(5-2,6-3)10(15)16/h5-6,8-9H2,1-3H3,(H,15,16)(H2,13,14,17). The Morgan fingerprint density at radius 3 is 2.29 bits per heavy atom. The second-order valence-electron chi connectivity index (χ2n) is 3.65. The van der Waals surface area contributed by atoms with Crippen LogP contribution < -0.4 is 10.6 Å². The fourth-order valence-electron chi connectivity index (χ4n) is 1.41. The lowest BCUT2D eigenvalue weighted by Gasteiger charge is -2.27. The van der Waals surface area contributed by atoms with E-state index in [4.69, 9.17) is 5.11 Å². The number of carbonyl (C=O) groups is 2. The van der Waals surface area contributed by atoms with Gasteiger partial charge in [0.25, 0.3) is 0 Å². The number of carbonyl (C=O) groups excluding carboxylic acids is 1. The minimum atomic E-state index is -1.18. The molecule has 0 unspecified atom stereocenters. The van der Waals surface area contributed by atoms with Gasteiger partial charge in [-0.15, -0.1) is 11.8 Å². The average molecular weight is 240 g/mol. The van der Waals surface area contributed by atoms with Crippen LogP contribution in [-0.4, -0.2) is 29.2 Å². The van der Waals surface area contributed by atoms with E-state index in [-0.39, 0.29) is 0 Å². The Morgan fingerprint density at radius 2 is 1.88 bits per heavy atom. The summed E-state index contributed by atoms with van der Waals surface area (Å²) in [7, 11) is 0. The number of carboxylic acids is 1. The average Bonchev–Trinajstić information content (AvgIpc) is 2.31. The molecule has 0 atom stereocenters. The van der Waals surface area contributed by atoms with Gasteiger partial charge < -0.3 is 15.7 Å². The molecule has 0 spiro atoms. The van der Waals surface area contributed by atoms with Gasteiger partial charge in [-0.1, -0.05) is 13.8 Å². The van der Waals surface area contributed by atoms with E-state index in [2.05, 4.69) is 22.5 Å². The number of nitrogens with one attached hydrogen (secondary N) is 2. The highest BCUT2D eigenvalue weighted by molar-refractivity contribution is 5.86. The minimum absolute atomic E-state index is 0.348. The topological polar surface area (TPSA) is 78.4 Å². The molecule has 0 aromatic carbocycles. The van der Waals surface area contributed by atoms with Gasteiger partial charge in [-0.05, 0) is 19.8 Å². The van der Waals surface area contributed by atoms with E-state index >= 15 is 0 Å². The number of urea groups is 1. The smallest absolute Gasteiger partial charge is 0.329 e. The number of hydrogen-bond acceptors (Lipinski definition) is 2. The van der Waals surface area contributed by atoms with Gasteiger partial charge in [-0.2, -0.15) is 0 Å². The van der Waals surface area contributed by atoms with Crippen molar-refractivity contribution in [2.24, 2.45) is 0 Å². The fourth-order valence-corrected chi connectivity index (χ4v) is 1.41. The van der Waals surface area contributed by atoms with Gasteiger partial charge in [0, 0.05) is 13.0 Å². The van der Waals surface area contributed by atoms with Crippen molar-refractivity contribution in [1.82, 2.24) is 10.6 Å². The van der Waals surface area contributed by atoms with Gasteiger partial charge in [-0.3, -0.25) is 0 Å². The van der Waals surface area contributed by atoms with Crippen LogP contribution in [0.4, 0.5) is 4.79 Å². The first-order chi connectivity index (χ1) is 8.02. The zero-order valence-corrected chi connectivity index (χ0v) is 10.6. The Labute approximate surface area is 102 Å². The van der Waals surface area contributed by atoms with Crippen LogP contribution >= 0.6 is 0 Å². The molecule has 0 aliphatic heterocycles. The highest BCUT2D eigenvalue weighted by Crippen LogP contribution is 2.14. The van der Waals surface area contributed by atoms with Crippen LogP contribution in [0.15, 0.2) is 0 Å². The van der Waals surface area contributed by atoms with E-state index in [1.165, 1.54) is 0 Å². The van der Waals surface area contributed by atoms with Crippen molar-refractivity contribution in [1.29, 1.82) is 0 Å². The van der Waals surface area contributed by atoms with Gasteiger partial charge in [-0.25, -0.2) is 9.59 Å². The summed E-state index contributed by atoms with van der Waals surface area (Å²) in [4.78, 5) is 22.6. The lowest BCUT2D eigenvalue weighted by molar-refractivity contribution is -0.144. The summed E-state index contributed by atoms with van der Waals surface area (Å²) in [5.41, 5.74) is -1.18. The maximum atomic E-state index is 11.5. The molecule has 0 saturated heterocycles. The molecule has 3 N–H and O–H groups in total. The Morgan fingerprint density at radius 1 is 1.29 bits per heavy atom. The quantitative estimate of drug-likeness (QED) is 0.484. The minimum Gasteiger partial charge on any atom is -0.480 e. The molecule has 0 radical (unpaired) electrons. The van der Waals surface area contributed by atoms with Crippen LogP contribution in [-0.2, 0) is 4.79 Å². The fraction of sp³-hybridized carbons (Fsp3) is 0.667. The Balaban J connectivity index is 4.30. The molecule has 0 saturated carbocycles. The number of aliphatic carboxylic acids is 1. The second-order valence-corrected chi connectivity index (χ2v) is 3.65. The summed E-state index contributed by atoms with van der Waals surface area (Å²) in [5, 5.41) is 14.2. The van der Waals surface area contributed by atoms with Crippen LogP contribution in [0.1, 0.15) is 40.0 Å². The van der Waals surface area contributed by atoms with Crippen molar-refractivity contribution in [3.05, 3.63) is 0 Å². The molecule has 0 aromatic heterocycles. The zero-order valence-electron chi connectivity index (χ0n) is 10.6. The predicted octanol–water partition coefficient (Wildman–Crippen LogP) is 1.34. The molecule has 0 bridgehead atoms. The van der Waals surface area contributed by atoms with E-state index in [9.17, 15) is 9.59 Å². The van der Waals surface area contributed by atoms with Crippen molar-refractivity contribution >= 4 is 12.0 Å². The van der Waals surface area contributed by atoms with Gasteiger partial charge in [0.05, 0.1) is 0 Å². The van der Waals surface area contributed by atoms with Crippen LogP contribution in [0.2, 0.25) is 0 Å². The van der Waals surface area contributed by atoms with Crippen molar-refractivity contribution < 1.29 is 14.7 Å². The van der Waals surface area contributed by atoms with E-state index in [0.717, 1.165) is 0 Å². The molecule has 96 valence electrons. The number of hydrogen-bond donors (Lipinski definition) is 3. The van der Waals surface area contributed by atoms with Crippen molar-refractivity contribution in [2.45, 2.75) is 45.6 Å². The highest BCUT2D eigenvalue weighted by Gasteiger charge is 2.36. The predicted molar refractivity (Wildman–Crippen MR) is 65.6 cm³/mol. The molecule has 0 aliphatic carbocycles. The largest absolute Gasteiger partial charge is 0.480 e. The summed E-state index contributed by atoms with van der Waals surface area (Å²) < 4.78 is 0. The summed E-state index contributed by atoms with van der Waals surface area (Å²) >= 11 is 0. The van der Waals surface area contributed by atoms with Crippen LogP contribution in [0.5, 0.6) is 0 Å². The van der Waals surface area contributed by atoms with E-state index < -0.39 is 17.5 Å². The van der Waals surface area contributed by atoms with Crippen LogP contribution in [0.3, 0.4) is 0 Å². The Kier molecular flexibility index (Phi) is 6.80. The first kappa shape index (κ1) is 15.3. The molecule has 0 aromatic rings. The molecular weight excluding hydrogens is 220 g/mol. The monoisotopic (exact) mass is 240 g/mol. The third-order valence-corrected chi connectivity index (χ3v) is 2.68. The number of amides is 2. The van der Waals surface area contributed by atoms with Crippen molar-refractivity contribution in [3.8, 4) is 11.8 Å². The van der Waals surface area contributed by atoms with Gasteiger partial charge in [0.1, 0.15) is 5.54 Å². The van der Waals surface area contributed by atoms with E-state index in [1.807, 2.05) is 0 Å². The molecular formula is C12H20N2O3. The molecule has 17 heavy (non-hydrogen) atoms. The molecule has 2 amide bonds. The Hall–Kier alpha value is -1.70. The van der Waals surface area contributed by atoms with Gasteiger partial charge in [0.15, 0.2) is 0 Å². The maximum absolute atomic E-state index is 11.5. The molecule has 5 nitrogen and oxygen atoms in total. The van der Waals surface area contributed by atoms with Gasteiger partial charge in [0.2, 0.25) is 0 Å². The lowest BCUT2D eigenvalue weighted by atomic mass is 9.93. The Bertz CT molecular complexity index is 324. The molecule has 0 rings (SSSR count). The maximum Gasteiger partial charge on any atom is 0.329 e. The van der Waals surface area contributed by atoms with E-state index in [0.29, 0.717) is 25.8 Å². The summed E-state index contributed by atoms with van der Waals surface area (Å²) in [5.74, 6) is 4.51. The zero-order chi connectivity index (χ0) is 13.3. The molecule has 0 aliphatic rings. The SMILES string of the molecule is CC#CCCNC(=O)NC(CC)(CC)C(=O)O. The number of carboxylic acid groups (broad SMARTS) is 1. The van der Waals surface area contributed by atoms with Crippen LogP contribution in [0, 0.1) is 11.8 Å². The first-order valence-electron chi connectivity index (χ1n) is 5.71. The van der Waals surface area contributed by atoms with Crippen LogP contribution in [0.25, 0.3) is 0 Å². The third kappa shape index (κ3) is 4.77. The van der Waals surface area contributed by atoms with Crippen molar-refractivity contribution in [3.63, 3.8) is 0 Å². The van der Waals surface area contributed by atoms with Crippen molar-refractivity contribution in [2.75, 3.05) is 6.54 Å². The second kappa shape index (κ2) is 7.55. The third-order valence-electron chi connectivity index (χ3n) is 2.68. The highest BCUT2D eigenvalue weighted by atomic mass is 16.4. The molecule has 5 heteroatoms. The summed E-state index contributed by atoms with van der Waals surface area (Å²) in [6, 6.07) is -0.464. The van der Waals surface area contributed by atoms with Gasteiger partial charge >= 0.3 is 12.0 Å². The lowest BCUT2D eigenvalue weighted by Crippen LogP contribution is -2.56. The molecule has 0 heterocycles. The van der Waals surface area contributed by atoms with E-state index in [1.54, 1.807) is 20.8 Å². The first-order valence-corrected chi connectivity index (χ1v) is 5.71. The summed E-state index contributed by atoms with van der Waals surface area (Å²) in [6.45, 7) is 5.61. The molecule has 0 fully saturated rings. The summed E-state index contributed by atoms with van der Waals surface area (Å²) in [6.07, 6.45) is 1.25. The normalized spacial score (nSPS) is 10.1.